The molecule has 3 aliphatic heterocycles. The zero-order valence-corrected chi connectivity index (χ0v) is 20.2. The lowest BCUT2D eigenvalue weighted by Crippen LogP contribution is -2.43. The number of allylic oxidation sites excluding steroid dienone is 1. The topological polar surface area (TPSA) is 26.3 Å². The molecule has 0 aromatic heterocycles. The highest BCUT2D eigenvalue weighted by atomic mass is 31.1. The highest BCUT2D eigenvalue weighted by Gasteiger charge is 3.15. The molecule has 0 amide bonds. The van der Waals surface area contributed by atoms with E-state index in [0.29, 0.717) is 0 Å². The first-order valence-electron chi connectivity index (χ1n) is 9.99. The number of hydrogen-bond donors (Lipinski definition) is 0. The molecule has 1 aliphatic carbocycles. The van der Waals surface area contributed by atoms with Gasteiger partial charge in [-0.15, -0.1) is 0 Å². The summed E-state index contributed by atoms with van der Waals surface area (Å²) in [7, 11) is 1.21. The second kappa shape index (κ2) is 4.61. The van der Waals surface area contributed by atoms with E-state index in [1.165, 1.54) is 5.31 Å². The van der Waals surface area contributed by atoms with Crippen LogP contribution in [0.2, 0.25) is 0 Å². The first-order valence-corrected chi connectivity index (χ1v) is 11.3. The van der Waals surface area contributed by atoms with Crippen LogP contribution in [-0.4, -0.2) is 23.4 Å². The number of hydrogen-bond acceptors (Lipinski definition) is 2. The van der Waals surface area contributed by atoms with E-state index in [-0.39, 0.29) is 51.3 Å². The second-order valence-electron chi connectivity index (χ2n) is 12.7. The highest BCUT2D eigenvalue weighted by molar-refractivity contribution is 7.77. The summed E-state index contributed by atoms with van der Waals surface area (Å²) in [6.45, 7) is 28.4. The van der Waals surface area contributed by atoms with Gasteiger partial charge >= 0.3 is 5.97 Å². The Kier molecular flexibility index (Phi) is 3.61. The van der Waals surface area contributed by atoms with Crippen molar-refractivity contribution >= 4 is 13.9 Å². The fourth-order valence-electron chi connectivity index (χ4n) is 7.56. The maximum absolute atomic E-state index is 13.2. The van der Waals surface area contributed by atoms with Gasteiger partial charge in [0.2, 0.25) is 0 Å². The number of carbonyl (C=O) groups is 1. The van der Waals surface area contributed by atoms with Crippen molar-refractivity contribution < 1.29 is 9.53 Å². The third-order valence-electron chi connectivity index (χ3n) is 7.40. The third-order valence-corrected chi connectivity index (χ3v) is 12.5. The van der Waals surface area contributed by atoms with E-state index < -0.39 is 0 Å². The molecule has 2 nitrogen and oxygen atoms in total. The molecule has 2 unspecified atom stereocenters. The molecule has 2 fully saturated rings. The van der Waals surface area contributed by atoms with Crippen molar-refractivity contribution in [3.8, 4) is 0 Å². The van der Waals surface area contributed by atoms with Crippen molar-refractivity contribution in [3.63, 3.8) is 0 Å². The fraction of sp³-hybridized carbons (Fsp3) is 0.870. The first-order chi connectivity index (χ1) is 11.3. The van der Waals surface area contributed by atoms with Crippen LogP contribution in [0, 0.1) is 27.1 Å². The van der Waals surface area contributed by atoms with E-state index in [2.05, 4.69) is 83.1 Å². The predicted octanol–water partition coefficient (Wildman–Crippen LogP) is 6.58. The Bertz CT molecular complexity index is 689. The Morgan fingerprint density at radius 3 is 1.38 bits per heavy atom. The molecule has 0 spiro atoms. The van der Waals surface area contributed by atoms with Crippen molar-refractivity contribution in [1.29, 1.82) is 0 Å². The summed E-state index contributed by atoms with van der Waals surface area (Å²) in [6, 6.07) is 0. The van der Waals surface area contributed by atoms with Crippen LogP contribution >= 0.6 is 7.92 Å². The lowest BCUT2D eigenvalue weighted by atomic mass is 9.64. The third kappa shape index (κ3) is 1.58. The smallest absolute Gasteiger partial charge is 0.334 e. The molecule has 0 radical (unpaired) electrons. The van der Waals surface area contributed by atoms with Crippen LogP contribution in [0.5, 0.6) is 0 Å². The number of ether oxygens (including phenoxy) is 1. The molecule has 3 heterocycles. The van der Waals surface area contributed by atoms with Crippen molar-refractivity contribution in [2.75, 3.05) is 7.11 Å². The zero-order chi connectivity index (χ0) is 20.5. The molecule has 2 bridgehead atoms. The lowest BCUT2D eigenvalue weighted by Gasteiger charge is -2.45. The average Bonchev–Trinajstić information content (AvgIpc) is 3.10. The van der Waals surface area contributed by atoms with Crippen LogP contribution in [0.4, 0.5) is 0 Å². The van der Waals surface area contributed by atoms with Crippen LogP contribution in [0.1, 0.15) is 83.1 Å². The van der Waals surface area contributed by atoms with Crippen molar-refractivity contribution in [3.05, 3.63) is 10.9 Å². The Hall–Kier alpha value is -0.360. The van der Waals surface area contributed by atoms with Crippen LogP contribution in [0.25, 0.3) is 0 Å². The van der Waals surface area contributed by atoms with E-state index in [1.54, 1.807) is 7.11 Å². The number of carbonyl (C=O) groups excluding carboxylic acids is 1. The predicted molar refractivity (Wildman–Crippen MR) is 112 cm³/mol. The van der Waals surface area contributed by atoms with Gasteiger partial charge in [0, 0.05) is 15.7 Å². The molecule has 1 saturated heterocycles. The standard InChI is InChI=1S/C23H39O2P/c1-17(2,3)15-14(16(24)25-13)21(18(4,5)6)22(19(7,8)9)23(21,26(15)22)20(10,11)12/h1-13H3. The Morgan fingerprint density at radius 1 is 0.769 bits per heavy atom. The minimum Gasteiger partial charge on any atom is -0.466 e. The molecule has 2 atom stereocenters. The summed E-state index contributed by atoms with van der Waals surface area (Å²) < 4.78 is 5.42. The molecule has 0 N–H and O–H groups in total. The number of esters is 1. The first kappa shape index (κ1) is 20.4. The molecule has 4 aliphatic rings. The highest BCUT2D eigenvalue weighted by Crippen LogP contribution is 3.22. The molecule has 0 aromatic rings. The van der Waals surface area contributed by atoms with Crippen molar-refractivity contribution in [2.24, 2.45) is 27.1 Å². The minimum absolute atomic E-state index is 0.00221. The number of rotatable bonds is 1. The Labute approximate surface area is 162 Å². The Morgan fingerprint density at radius 2 is 1.15 bits per heavy atom. The summed E-state index contributed by atoms with van der Waals surface area (Å²) in [6.07, 6.45) is 0. The quantitative estimate of drug-likeness (QED) is 0.380. The molecular formula is C23H39O2P. The number of methoxy groups -OCH3 is 1. The van der Waals surface area contributed by atoms with Gasteiger partial charge in [-0.2, -0.15) is 0 Å². The van der Waals surface area contributed by atoms with E-state index in [0.717, 1.165) is 5.57 Å². The normalized spacial score (nSPS) is 39.0. The SMILES string of the molecule is COC(=O)C1=C(C(C)(C)C)P2C3(C(C)(C)C)C1(C(C)(C)C)C23C(C)(C)C. The van der Waals surface area contributed by atoms with E-state index in [1.807, 2.05) is 0 Å². The molecule has 148 valence electrons. The molecule has 26 heavy (non-hydrogen) atoms. The van der Waals surface area contributed by atoms with Crippen LogP contribution < -0.4 is 0 Å². The van der Waals surface area contributed by atoms with E-state index in [4.69, 9.17) is 4.74 Å². The summed E-state index contributed by atoms with van der Waals surface area (Å²) in [5, 5.41) is 1.87. The van der Waals surface area contributed by atoms with E-state index >= 15 is 0 Å². The summed E-state index contributed by atoms with van der Waals surface area (Å²) in [5.74, 6) is -0.0768. The molecule has 4 rings (SSSR count). The van der Waals surface area contributed by atoms with Gasteiger partial charge in [0.1, 0.15) is 0 Å². The Balaban J connectivity index is 2.45. The largest absolute Gasteiger partial charge is 0.466 e. The lowest BCUT2D eigenvalue weighted by molar-refractivity contribution is -0.137. The van der Waals surface area contributed by atoms with Crippen molar-refractivity contribution in [2.45, 2.75) is 93.4 Å². The van der Waals surface area contributed by atoms with Crippen molar-refractivity contribution in [1.82, 2.24) is 0 Å². The van der Waals surface area contributed by atoms with Crippen LogP contribution in [0.3, 0.4) is 0 Å². The molecule has 0 aromatic carbocycles. The van der Waals surface area contributed by atoms with Crippen LogP contribution in [0.15, 0.2) is 10.9 Å². The van der Waals surface area contributed by atoms with Gasteiger partial charge in [0.15, 0.2) is 0 Å². The van der Waals surface area contributed by atoms with Crippen LogP contribution in [-0.2, 0) is 9.53 Å². The maximum atomic E-state index is 13.2. The average molecular weight is 379 g/mol. The monoisotopic (exact) mass is 378 g/mol. The molecular weight excluding hydrogens is 339 g/mol. The minimum atomic E-state index is -0.346. The van der Waals surface area contributed by atoms with Gasteiger partial charge in [-0.3, -0.25) is 0 Å². The molecule has 1 saturated carbocycles. The second-order valence-corrected chi connectivity index (χ2v) is 15.2. The summed E-state index contributed by atoms with van der Waals surface area (Å²) in [4.78, 5) is 13.2. The van der Waals surface area contributed by atoms with Gasteiger partial charge in [0.05, 0.1) is 12.7 Å². The maximum Gasteiger partial charge on any atom is 0.334 e. The van der Waals surface area contributed by atoms with E-state index in [9.17, 15) is 4.79 Å². The van der Waals surface area contributed by atoms with Gasteiger partial charge in [-0.1, -0.05) is 91.0 Å². The zero-order valence-electron chi connectivity index (χ0n) is 19.3. The fourth-order valence-corrected chi connectivity index (χ4v) is 14.2. The van der Waals surface area contributed by atoms with Gasteiger partial charge in [0.25, 0.3) is 0 Å². The van der Waals surface area contributed by atoms with Gasteiger partial charge in [-0.05, 0) is 27.0 Å². The van der Waals surface area contributed by atoms with Gasteiger partial charge < -0.3 is 4.74 Å². The summed E-state index contributed by atoms with van der Waals surface area (Å²) in [5.41, 5.74) is 1.31. The summed E-state index contributed by atoms with van der Waals surface area (Å²) >= 11 is 0. The van der Waals surface area contributed by atoms with Gasteiger partial charge in [-0.25, -0.2) is 4.79 Å². The molecule has 3 heteroatoms.